The number of nitrogens with one attached hydrogen (secondary N) is 1. The Morgan fingerprint density at radius 3 is 2.54 bits per heavy atom. The van der Waals surface area contributed by atoms with E-state index in [2.05, 4.69) is 5.32 Å². The number of hydrogen-bond acceptors (Lipinski definition) is 4. The molecule has 0 aliphatic carbocycles. The van der Waals surface area contributed by atoms with Crippen LogP contribution in [0.4, 0.5) is 9.18 Å². The van der Waals surface area contributed by atoms with Crippen LogP contribution in [0.1, 0.15) is 11.1 Å². The molecule has 0 bridgehead atoms. The second kappa shape index (κ2) is 7.32. The van der Waals surface area contributed by atoms with E-state index >= 15 is 0 Å². The fourth-order valence-corrected chi connectivity index (χ4v) is 4.19. The first kappa shape index (κ1) is 18.6. The van der Waals surface area contributed by atoms with Crippen LogP contribution in [-0.2, 0) is 17.8 Å². The van der Waals surface area contributed by atoms with Gasteiger partial charge in [0, 0.05) is 5.56 Å². The Morgan fingerprint density at radius 1 is 1.04 bits per heavy atom. The maximum Gasteiger partial charge on any atom is 0.285 e. The Kier molecular flexibility index (Phi) is 4.85. The lowest BCUT2D eigenvalue weighted by Crippen LogP contribution is -2.38. The van der Waals surface area contributed by atoms with Crippen LogP contribution >= 0.6 is 11.8 Å². The van der Waals surface area contributed by atoms with Gasteiger partial charge in [-0.15, -0.1) is 0 Å². The summed E-state index contributed by atoms with van der Waals surface area (Å²) in [4.78, 5) is 23.5. The van der Waals surface area contributed by atoms with Crippen molar-refractivity contribution in [2.45, 2.75) is 17.7 Å². The average Bonchev–Trinajstić information content (AvgIpc) is 2.92. The summed E-state index contributed by atoms with van der Waals surface area (Å²) >= 11 is 1.03. The predicted octanol–water partition coefficient (Wildman–Crippen LogP) is 3.41. The molecule has 1 fully saturated rings. The van der Waals surface area contributed by atoms with Gasteiger partial charge in [0.1, 0.15) is 26.0 Å². The van der Waals surface area contributed by atoms with E-state index in [1.807, 2.05) is 36.4 Å². The van der Waals surface area contributed by atoms with Gasteiger partial charge >= 0.3 is 0 Å². The molecule has 1 N–H and O–H groups in total. The van der Waals surface area contributed by atoms with Crippen LogP contribution in [0.25, 0.3) is 10.8 Å². The maximum absolute atomic E-state index is 13.7. The van der Waals surface area contributed by atoms with Gasteiger partial charge in [-0.05, 0) is 41.0 Å². The van der Waals surface area contributed by atoms with Crippen molar-refractivity contribution in [3.63, 3.8) is 0 Å². The van der Waals surface area contributed by atoms with Crippen molar-refractivity contribution in [3.8, 4) is 5.75 Å². The predicted molar refractivity (Wildman–Crippen MR) is 111 cm³/mol. The summed E-state index contributed by atoms with van der Waals surface area (Å²) in [5.41, 5.74) is 1.49. The zero-order valence-electron chi connectivity index (χ0n) is 15.2. The fourth-order valence-electron chi connectivity index (χ4n) is 3.26. The number of benzene rings is 3. The highest BCUT2D eigenvalue weighted by molar-refractivity contribution is 8.17. The van der Waals surface area contributed by atoms with Crippen molar-refractivity contribution in [1.82, 2.24) is 5.32 Å². The van der Waals surface area contributed by atoms with Gasteiger partial charge in [0.25, 0.3) is 5.24 Å². The molecule has 0 radical (unpaired) electrons. The molecule has 140 valence electrons. The van der Waals surface area contributed by atoms with E-state index in [1.165, 1.54) is 6.07 Å². The molecule has 7 heteroatoms. The Hall–Kier alpha value is -2.80. The zero-order valence-corrected chi connectivity index (χ0v) is 16.0. The summed E-state index contributed by atoms with van der Waals surface area (Å²) in [6.45, 7) is 0.162. The third-order valence-electron chi connectivity index (χ3n) is 4.78. The smallest absolute Gasteiger partial charge is 0.285 e. The fraction of sp³-hybridized carbons (Fsp3) is 0.143. The molecule has 0 unspecified atom stereocenters. The third-order valence-corrected chi connectivity index (χ3v) is 5.85. The molecule has 1 heterocycles. The lowest BCUT2D eigenvalue weighted by atomic mass is 9.80. The summed E-state index contributed by atoms with van der Waals surface area (Å²) in [6.07, 6.45) is 0.469. The number of amides is 2. The molecule has 4 rings (SSSR count). The second-order valence-corrected chi connectivity index (χ2v) is 8.45. The Balaban J connectivity index is 1.50. The molecular formula is C21H17BFNO3S. The van der Waals surface area contributed by atoms with Gasteiger partial charge in [-0.1, -0.05) is 54.2 Å². The minimum absolute atomic E-state index is 0.162. The van der Waals surface area contributed by atoms with Gasteiger partial charge in [0.2, 0.25) is 5.91 Å². The van der Waals surface area contributed by atoms with Crippen molar-refractivity contribution < 1.29 is 18.7 Å². The summed E-state index contributed by atoms with van der Waals surface area (Å²) in [5, 5.41) is 4.04. The van der Waals surface area contributed by atoms with Crippen molar-refractivity contribution in [3.05, 3.63) is 77.6 Å². The molecule has 1 aliphatic rings. The number of carbonyl (C=O) groups excluding carboxylic acids is 2. The van der Waals surface area contributed by atoms with Crippen molar-refractivity contribution in [2.75, 3.05) is 0 Å². The Labute approximate surface area is 166 Å². The summed E-state index contributed by atoms with van der Waals surface area (Å²) in [6, 6.07) is 18.1. The lowest BCUT2D eigenvalue weighted by Gasteiger charge is -2.18. The number of rotatable bonds is 5. The average molecular weight is 393 g/mol. The molecule has 1 aliphatic heterocycles. The highest BCUT2D eigenvalue weighted by atomic mass is 32.2. The molecular weight excluding hydrogens is 376 g/mol. The monoisotopic (exact) mass is 393 g/mol. The maximum atomic E-state index is 13.7. The molecule has 1 atom stereocenters. The van der Waals surface area contributed by atoms with E-state index in [4.69, 9.17) is 4.74 Å². The number of fused-ring (bicyclic) bond motifs is 1. The summed E-state index contributed by atoms with van der Waals surface area (Å²) in [5.74, 6) is 0.125. The van der Waals surface area contributed by atoms with Gasteiger partial charge in [0.15, 0.2) is 0 Å². The van der Waals surface area contributed by atoms with Gasteiger partial charge in [-0.25, -0.2) is 4.39 Å². The summed E-state index contributed by atoms with van der Waals surface area (Å²) < 4.78 is 18.7. The van der Waals surface area contributed by atoms with Crippen LogP contribution in [0.3, 0.4) is 0 Å². The molecule has 1 saturated heterocycles. The van der Waals surface area contributed by atoms with Crippen LogP contribution in [0.15, 0.2) is 60.7 Å². The molecule has 0 spiro atoms. The first-order valence-corrected chi connectivity index (χ1v) is 9.68. The molecule has 3 aromatic rings. The van der Waals surface area contributed by atoms with Crippen LogP contribution in [0.5, 0.6) is 5.75 Å². The number of halogens is 1. The van der Waals surface area contributed by atoms with Gasteiger partial charge in [0.05, 0.1) is 4.65 Å². The van der Waals surface area contributed by atoms with E-state index in [0.29, 0.717) is 17.7 Å². The SMILES string of the molecule is B[C@@]1(Cc2ccc3cc(OCc4ccccc4F)ccc3c2)SC(=O)NC1=O. The molecule has 0 aromatic heterocycles. The number of imide groups is 1. The Morgan fingerprint density at radius 2 is 1.79 bits per heavy atom. The zero-order chi connectivity index (χ0) is 19.7. The minimum Gasteiger partial charge on any atom is -0.489 e. The minimum atomic E-state index is -0.784. The van der Waals surface area contributed by atoms with Gasteiger partial charge in [-0.3, -0.25) is 14.9 Å². The Bertz CT molecular complexity index is 1090. The van der Waals surface area contributed by atoms with Gasteiger partial charge in [-0.2, -0.15) is 0 Å². The number of hydrogen-bond donors (Lipinski definition) is 1. The van der Waals surface area contributed by atoms with Crippen LogP contribution in [0.2, 0.25) is 0 Å². The van der Waals surface area contributed by atoms with Crippen molar-refractivity contribution in [1.29, 1.82) is 0 Å². The topological polar surface area (TPSA) is 55.4 Å². The molecule has 2 amide bonds. The van der Waals surface area contributed by atoms with E-state index in [1.54, 1.807) is 26.0 Å². The quantitative estimate of drug-likeness (QED) is 0.675. The van der Waals surface area contributed by atoms with Crippen molar-refractivity contribution >= 4 is 41.5 Å². The van der Waals surface area contributed by atoms with E-state index in [9.17, 15) is 14.0 Å². The highest BCUT2D eigenvalue weighted by Gasteiger charge is 2.43. The first-order valence-electron chi connectivity index (χ1n) is 8.86. The van der Waals surface area contributed by atoms with E-state index < -0.39 is 4.65 Å². The van der Waals surface area contributed by atoms with E-state index in [0.717, 1.165) is 28.1 Å². The molecule has 3 aromatic carbocycles. The third kappa shape index (κ3) is 3.75. The molecule has 28 heavy (non-hydrogen) atoms. The first-order chi connectivity index (χ1) is 13.4. The highest BCUT2D eigenvalue weighted by Crippen LogP contribution is 2.33. The largest absolute Gasteiger partial charge is 0.489 e. The molecule has 4 nitrogen and oxygen atoms in total. The lowest BCUT2D eigenvalue weighted by molar-refractivity contribution is -0.119. The normalized spacial score (nSPS) is 19.0. The number of carbonyl (C=O) groups is 2. The number of ether oxygens (including phenoxy) is 1. The van der Waals surface area contributed by atoms with Crippen LogP contribution in [-0.4, -0.2) is 23.6 Å². The van der Waals surface area contributed by atoms with Crippen LogP contribution in [0, 0.1) is 5.82 Å². The summed E-state index contributed by atoms with van der Waals surface area (Å²) in [7, 11) is 1.78. The van der Waals surface area contributed by atoms with E-state index in [-0.39, 0.29) is 23.6 Å². The second-order valence-electron chi connectivity index (χ2n) is 6.97. The molecule has 0 saturated carbocycles. The number of thioether (sulfide) groups is 1. The van der Waals surface area contributed by atoms with Crippen LogP contribution < -0.4 is 10.1 Å². The standard InChI is InChI=1S/C21H17BFNO3S/c22-21(19(25)24-20(26)28-21)11-13-5-6-15-10-17(8-7-14(15)9-13)27-12-16-3-1-2-4-18(16)23/h1-10H,11-12,22H2,(H,24,25,26)/t21-/m0/s1. The van der Waals surface area contributed by atoms with Crippen molar-refractivity contribution in [2.24, 2.45) is 0 Å². The van der Waals surface area contributed by atoms with Gasteiger partial charge < -0.3 is 4.74 Å².